The van der Waals surface area contributed by atoms with Crippen molar-refractivity contribution in [2.45, 2.75) is 6.41 Å². The zero-order chi connectivity index (χ0) is 7.98. The minimum Gasteiger partial charge on any atom is -0.340 e. The Balaban J connectivity index is 3.70. The summed E-state index contributed by atoms with van der Waals surface area (Å²) >= 11 is 0. The second kappa shape index (κ2) is 5.57. The molecule has 0 aromatic carbocycles. The SMILES string of the molecule is COC(OC)N(OC)OC. The summed E-state index contributed by atoms with van der Waals surface area (Å²) in [5.41, 5.74) is 0. The van der Waals surface area contributed by atoms with Gasteiger partial charge in [0, 0.05) is 14.2 Å². The highest BCUT2D eigenvalue weighted by molar-refractivity contribution is 4.21. The molecule has 0 rings (SSSR count). The number of nitrogens with zero attached hydrogens (tertiary/aromatic N) is 1. The molecule has 0 aliphatic rings. The number of hydroxylamine groups is 2. The zero-order valence-corrected chi connectivity index (χ0v) is 6.66. The molecule has 0 aromatic rings. The summed E-state index contributed by atoms with van der Waals surface area (Å²) in [7, 11) is 5.88. The van der Waals surface area contributed by atoms with Crippen LogP contribution in [0.25, 0.3) is 0 Å². The maximum atomic E-state index is 4.80. The lowest BCUT2D eigenvalue weighted by molar-refractivity contribution is -0.447. The highest BCUT2D eigenvalue weighted by Crippen LogP contribution is 1.99. The van der Waals surface area contributed by atoms with E-state index in [0.29, 0.717) is 0 Å². The van der Waals surface area contributed by atoms with Crippen molar-refractivity contribution in [2.75, 3.05) is 28.4 Å². The Hall–Kier alpha value is -0.200. The van der Waals surface area contributed by atoms with Crippen LogP contribution in [-0.4, -0.2) is 40.1 Å². The Kier molecular flexibility index (Phi) is 5.46. The summed E-state index contributed by atoms with van der Waals surface area (Å²) in [6.45, 7) is 0. The van der Waals surface area contributed by atoms with E-state index in [9.17, 15) is 0 Å². The molecule has 0 heterocycles. The fourth-order valence-corrected chi connectivity index (χ4v) is 0.515. The lowest BCUT2D eigenvalue weighted by Gasteiger charge is -2.23. The summed E-state index contributed by atoms with van der Waals surface area (Å²) in [6.07, 6.45) is -0.630. The van der Waals surface area contributed by atoms with Crippen LogP contribution in [0, 0.1) is 0 Å². The molecule has 5 nitrogen and oxygen atoms in total. The zero-order valence-electron chi connectivity index (χ0n) is 6.66. The minimum atomic E-state index is -0.630. The quantitative estimate of drug-likeness (QED) is 0.408. The number of hydrogen-bond donors (Lipinski definition) is 0. The van der Waals surface area contributed by atoms with E-state index in [2.05, 4.69) is 0 Å². The van der Waals surface area contributed by atoms with Crippen molar-refractivity contribution in [2.24, 2.45) is 0 Å². The molecular weight excluding hydrogens is 138 g/mol. The van der Waals surface area contributed by atoms with Crippen molar-refractivity contribution in [3.05, 3.63) is 0 Å². The molecule has 62 valence electrons. The first kappa shape index (κ1) is 9.80. The van der Waals surface area contributed by atoms with Crippen molar-refractivity contribution >= 4 is 0 Å². The number of hydrogen-bond acceptors (Lipinski definition) is 5. The number of rotatable bonds is 5. The van der Waals surface area contributed by atoms with E-state index in [0.717, 1.165) is 5.23 Å². The average molecular weight is 151 g/mol. The second-order valence-corrected chi connectivity index (χ2v) is 1.43. The van der Waals surface area contributed by atoms with Gasteiger partial charge in [0.1, 0.15) is 0 Å². The summed E-state index contributed by atoms with van der Waals surface area (Å²) in [6, 6.07) is 0. The van der Waals surface area contributed by atoms with E-state index in [-0.39, 0.29) is 0 Å². The Morgan fingerprint density at radius 3 is 1.40 bits per heavy atom. The van der Waals surface area contributed by atoms with Crippen LogP contribution in [0.4, 0.5) is 0 Å². The molecule has 0 radical (unpaired) electrons. The van der Waals surface area contributed by atoms with Gasteiger partial charge in [0.05, 0.1) is 14.2 Å². The Bertz CT molecular complexity index is 62.0. The third-order valence-corrected chi connectivity index (χ3v) is 0.935. The molecule has 0 aromatic heterocycles. The minimum absolute atomic E-state index is 0.630. The number of methoxy groups -OCH3 is 2. The third kappa shape index (κ3) is 2.59. The van der Waals surface area contributed by atoms with Crippen molar-refractivity contribution in [1.29, 1.82) is 0 Å². The maximum absolute atomic E-state index is 4.80. The van der Waals surface area contributed by atoms with Gasteiger partial charge in [-0.05, 0) is 5.23 Å². The van der Waals surface area contributed by atoms with Gasteiger partial charge >= 0.3 is 0 Å². The van der Waals surface area contributed by atoms with E-state index in [4.69, 9.17) is 19.1 Å². The van der Waals surface area contributed by atoms with Crippen molar-refractivity contribution < 1.29 is 19.1 Å². The van der Waals surface area contributed by atoms with Gasteiger partial charge in [-0.25, -0.2) is 0 Å². The summed E-state index contributed by atoms with van der Waals surface area (Å²) in [4.78, 5) is 9.41. The molecule has 5 heteroatoms. The molecule has 0 unspecified atom stereocenters. The van der Waals surface area contributed by atoms with E-state index in [1.807, 2.05) is 0 Å². The standard InChI is InChI=1S/C5H13NO4/c1-7-5(8-2)6(9-3)10-4/h5H,1-4H3. The molecule has 0 bridgehead atoms. The molecule has 0 aliphatic heterocycles. The topological polar surface area (TPSA) is 40.2 Å². The molecule has 10 heavy (non-hydrogen) atoms. The molecule has 0 saturated heterocycles. The molecular formula is C5H13NO4. The summed E-state index contributed by atoms with van der Waals surface area (Å²) in [5.74, 6) is 0. The van der Waals surface area contributed by atoms with E-state index >= 15 is 0 Å². The Labute approximate surface area is 60.3 Å². The first-order valence-corrected chi connectivity index (χ1v) is 2.73. The largest absolute Gasteiger partial charge is 0.340 e. The first-order valence-electron chi connectivity index (χ1n) is 2.73. The van der Waals surface area contributed by atoms with Crippen molar-refractivity contribution in [3.63, 3.8) is 0 Å². The van der Waals surface area contributed by atoms with Crippen LogP contribution < -0.4 is 0 Å². The molecule has 0 N–H and O–H groups in total. The monoisotopic (exact) mass is 151 g/mol. The lowest BCUT2D eigenvalue weighted by atomic mass is 11.1. The molecule has 0 amide bonds. The maximum Gasteiger partial charge on any atom is 0.266 e. The van der Waals surface area contributed by atoms with E-state index in [1.165, 1.54) is 28.4 Å². The Morgan fingerprint density at radius 1 is 0.900 bits per heavy atom. The predicted octanol–water partition coefficient (Wildman–Crippen LogP) is -0.0124. The molecule has 0 aliphatic carbocycles. The summed E-state index contributed by atoms with van der Waals surface area (Å²) < 4.78 is 9.59. The fourth-order valence-electron chi connectivity index (χ4n) is 0.515. The third-order valence-electron chi connectivity index (χ3n) is 0.935. The fraction of sp³-hybridized carbons (Fsp3) is 1.00. The van der Waals surface area contributed by atoms with E-state index < -0.39 is 6.41 Å². The van der Waals surface area contributed by atoms with Crippen molar-refractivity contribution in [1.82, 2.24) is 5.23 Å². The van der Waals surface area contributed by atoms with Gasteiger partial charge in [-0.2, -0.15) is 0 Å². The first-order chi connectivity index (χ1) is 4.79. The van der Waals surface area contributed by atoms with Gasteiger partial charge in [0.2, 0.25) is 0 Å². The summed E-state index contributed by atoms with van der Waals surface area (Å²) in [5, 5.41) is 1.08. The average Bonchev–Trinajstić information content (AvgIpc) is 2.00. The van der Waals surface area contributed by atoms with Crippen LogP contribution in [-0.2, 0) is 19.1 Å². The highest BCUT2D eigenvalue weighted by Gasteiger charge is 2.15. The Morgan fingerprint density at radius 2 is 1.30 bits per heavy atom. The lowest BCUT2D eigenvalue weighted by Crippen LogP contribution is -2.36. The van der Waals surface area contributed by atoms with Gasteiger partial charge < -0.3 is 9.47 Å². The van der Waals surface area contributed by atoms with Crippen LogP contribution in [0.2, 0.25) is 0 Å². The van der Waals surface area contributed by atoms with Gasteiger partial charge in [-0.3, -0.25) is 9.68 Å². The van der Waals surface area contributed by atoms with Crippen LogP contribution in [0.15, 0.2) is 0 Å². The van der Waals surface area contributed by atoms with Crippen molar-refractivity contribution in [3.8, 4) is 0 Å². The smallest absolute Gasteiger partial charge is 0.266 e. The van der Waals surface area contributed by atoms with E-state index in [1.54, 1.807) is 0 Å². The molecule has 0 fully saturated rings. The van der Waals surface area contributed by atoms with Crippen LogP contribution in [0.1, 0.15) is 0 Å². The molecule has 0 spiro atoms. The van der Waals surface area contributed by atoms with Gasteiger partial charge in [0.15, 0.2) is 0 Å². The second-order valence-electron chi connectivity index (χ2n) is 1.43. The number of ether oxygens (including phenoxy) is 2. The van der Waals surface area contributed by atoms with Crippen LogP contribution >= 0.6 is 0 Å². The molecule has 0 atom stereocenters. The highest BCUT2D eigenvalue weighted by atomic mass is 17.0. The predicted molar refractivity (Wildman–Crippen MR) is 33.7 cm³/mol. The van der Waals surface area contributed by atoms with Gasteiger partial charge in [0.25, 0.3) is 6.41 Å². The van der Waals surface area contributed by atoms with Crippen LogP contribution in [0.5, 0.6) is 0 Å². The van der Waals surface area contributed by atoms with Gasteiger partial charge in [-0.1, -0.05) is 0 Å². The van der Waals surface area contributed by atoms with Gasteiger partial charge in [-0.15, -0.1) is 0 Å². The normalized spacial score (nSPS) is 11.4. The van der Waals surface area contributed by atoms with Crippen LogP contribution in [0.3, 0.4) is 0 Å². The molecule has 0 saturated carbocycles.